The van der Waals surface area contributed by atoms with Crippen molar-refractivity contribution in [2.45, 2.75) is 26.7 Å². The summed E-state index contributed by atoms with van der Waals surface area (Å²) in [5, 5.41) is 11.5. The van der Waals surface area contributed by atoms with Crippen molar-refractivity contribution in [2.75, 3.05) is 0 Å². The van der Waals surface area contributed by atoms with Gasteiger partial charge in [-0.2, -0.15) is 0 Å². The van der Waals surface area contributed by atoms with Crippen molar-refractivity contribution in [3.8, 4) is 11.5 Å². The quantitative estimate of drug-likeness (QED) is 0.390. The zero-order valence-corrected chi connectivity index (χ0v) is 12.4. The minimum absolute atomic E-state index is 0.0290. The standard InChI is InChI=1S/C16H19N3O2/c1-10(2)14-6-4-12(8-11(14)3)21-13-5-7-15(18-9-13)16(17)19-20/h4-10,20H,1-3H3,(H2,17,19). The summed E-state index contributed by atoms with van der Waals surface area (Å²) in [6.07, 6.45) is 1.54. The predicted molar refractivity (Wildman–Crippen MR) is 82.1 cm³/mol. The lowest BCUT2D eigenvalue weighted by Crippen LogP contribution is -2.14. The molecule has 2 aromatic rings. The number of nitrogens with two attached hydrogens (primary N) is 1. The van der Waals surface area contributed by atoms with Gasteiger partial charge in [0.15, 0.2) is 5.84 Å². The van der Waals surface area contributed by atoms with Crippen molar-refractivity contribution in [1.29, 1.82) is 0 Å². The normalized spacial score (nSPS) is 11.7. The minimum Gasteiger partial charge on any atom is -0.456 e. The highest BCUT2D eigenvalue weighted by molar-refractivity contribution is 5.95. The van der Waals surface area contributed by atoms with Gasteiger partial charge in [0.05, 0.1) is 6.20 Å². The molecule has 3 N–H and O–H groups in total. The maximum Gasteiger partial charge on any atom is 0.188 e. The molecule has 21 heavy (non-hydrogen) atoms. The van der Waals surface area contributed by atoms with E-state index in [1.54, 1.807) is 18.3 Å². The van der Waals surface area contributed by atoms with E-state index in [2.05, 4.69) is 37.0 Å². The topological polar surface area (TPSA) is 80.7 Å². The molecular formula is C16H19N3O2. The second kappa shape index (κ2) is 6.26. The number of oxime groups is 1. The molecule has 1 aromatic heterocycles. The summed E-state index contributed by atoms with van der Waals surface area (Å²) in [6, 6.07) is 9.39. The third-order valence-electron chi connectivity index (χ3n) is 3.21. The molecule has 1 aromatic carbocycles. The molecule has 0 radical (unpaired) electrons. The van der Waals surface area contributed by atoms with Gasteiger partial charge in [0.2, 0.25) is 0 Å². The van der Waals surface area contributed by atoms with Crippen LogP contribution in [0.2, 0.25) is 0 Å². The summed E-state index contributed by atoms with van der Waals surface area (Å²) in [5.41, 5.74) is 8.36. The number of hydrogen-bond acceptors (Lipinski definition) is 4. The summed E-state index contributed by atoms with van der Waals surface area (Å²) in [4.78, 5) is 4.07. The largest absolute Gasteiger partial charge is 0.456 e. The van der Waals surface area contributed by atoms with E-state index in [0.717, 1.165) is 5.75 Å². The number of pyridine rings is 1. The van der Waals surface area contributed by atoms with Crippen LogP contribution in [-0.2, 0) is 0 Å². The maximum atomic E-state index is 8.59. The molecule has 5 nitrogen and oxygen atoms in total. The number of rotatable bonds is 4. The van der Waals surface area contributed by atoms with Crippen molar-refractivity contribution in [3.05, 3.63) is 53.3 Å². The van der Waals surface area contributed by atoms with Gasteiger partial charge in [0.25, 0.3) is 0 Å². The van der Waals surface area contributed by atoms with Crippen LogP contribution in [0, 0.1) is 6.92 Å². The Morgan fingerprint density at radius 1 is 1.24 bits per heavy atom. The Labute approximate surface area is 124 Å². The molecule has 0 atom stereocenters. The van der Waals surface area contributed by atoms with Gasteiger partial charge >= 0.3 is 0 Å². The Kier molecular flexibility index (Phi) is 4.42. The fourth-order valence-corrected chi connectivity index (χ4v) is 2.14. The molecule has 0 saturated carbocycles. The average molecular weight is 285 g/mol. The van der Waals surface area contributed by atoms with E-state index in [9.17, 15) is 0 Å². The Morgan fingerprint density at radius 2 is 1.95 bits per heavy atom. The van der Waals surface area contributed by atoms with Gasteiger partial charge in [0.1, 0.15) is 17.2 Å². The molecule has 1 heterocycles. The lowest BCUT2D eigenvalue weighted by atomic mass is 9.98. The molecule has 0 saturated heterocycles. The van der Waals surface area contributed by atoms with Crippen molar-refractivity contribution in [1.82, 2.24) is 4.98 Å². The van der Waals surface area contributed by atoms with Crippen LogP contribution in [0.1, 0.15) is 36.6 Å². The summed E-state index contributed by atoms with van der Waals surface area (Å²) in [7, 11) is 0. The second-order valence-electron chi connectivity index (χ2n) is 5.14. The molecule has 2 rings (SSSR count). The number of benzene rings is 1. The first-order valence-electron chi connectivity index (χ1n) is 6.73. The Balaban J connectivity index is 2.17. The Morgan fingerprint density at radius 3 is 2.48 bits per heavy atom. The molecule has 0 amide bonds. The first-order chi connectivity index (χ1) is 10.0. The number of nitrogens with zero attached hydrogens (tertiary/aromatic N) is 2. The van der Waals surface area contributed by atoms with E-state index in [0.29, 0.717) is 17.4 Å². The third kappa shape index (κ3) is 3.51. The predicted octanol–water partition coefficient (Wildman–Crippen LogP) is 3.40. The van der Waals surface area contributed by atoms with Crippen LogP contribution in [0.25, 0.3) is 0 Å². The third-order valence-corrected chi connectivity index (χ3v) is 3.21. The molecule has 0 aliphatic heterocycles. The van der Waals surface area contributed by atoms with Crippen LogP contribution in [-0.4, -0.2) is 16.0 Å². The van der Waals surface area contributed by atoms with E-state index >= 15 is 0 Å². The van der Waals surface area contributed by atoms with Crippen LogP contribution in [0.15, 0.2) is 41.7 Å². The smallest absolute Gasteiger partial charge is 0.188 e. The van der Waals surface area contributed by atoms with Crippen molar-refractivity contribution in [3.63, 3.8) is 0 Å². The highest BCUT2D eigenvalue weighted by atomic mass is 16.5. The van der Waals surface area contributed by atoms with Gasteiger partial charge in [-0.15, -0.1) is 0 Å². The van der Waals surface area contributed by atoms with Gasteiger partial charge in [-0.05, 0) is 48.2 Å². The first kappa shape index (κ1) is 14.8. The zero-order chi connectivity index (χ0) is 15.4. The maximum absolute atomic E-state index is 8.59. The SMILES string of the molecule is Cc1cc(Oc2ccc(/C(N)=N/O)nc2)ccc1C(C)C. The molecule has 110 valence electrons. The van der Waals surface area contributed by atoms with E-state index in [4.69, 9.17) is 15.7 Å². The van der Waals surface area contributed by atoms with Gasteiger partial charge in [-0.3, -0.25) is 0 Å². The first-order valence-corrected chi connectivity index (χ1v) is 6.73. The fraction of sp³-hybridized carbons (Fsp3) is 0.250. The molecule has 0 spiro atoms. The van der Waals surface area contributed by atoms with Gasteiger partial charge in [-0.1, -0.05) is 25.1 Å². The highest BCUT2D eigenvalue weighted by Gasteiger charge is 2.06. The van der Waals surface area contributed by atoms with Crippen LogP contribution < -0.4 is 10.5 Å². The van der Waals surface area contributed by atoms with Gasteiger partial charge in [-0.25, -0.2) is 4.98 Å². The zero-order valence-electron chi connectivity index (χ0n) is 12.4. The van der Waals surface area contributed by atoms with Crippen LogP contribution >= 0.6 is 0 Å². The fourth-order valence-electron chi connectivity index (χ4n) is 2.14. The molecular weight excluding hydrogens is 266 g/mol. The average Bonchev–Trinajstić information content (AvgIpc) is 2.47. The van der Waals surface area contributed by atoms with Crippen LogP contribution in [0.3, 0.4) is 0 Å². The van der Waals surface area contributed by atoms with Gasteiger partial charge in [0, 0.05) is 0 Å². The van der Waals surface area contributed by atoms with Crippen LogP contribution in [0.5, 0.6) is 11.5 Å². The number of ether oxygens (including phenoxy) is 1. The van der Waals surface area contributed by atoms with E-state index in [-0.39, 0.29) is 5.84 Å². The summed E-state index contributed by atoms with van der Waals surface area (Å²) in [5.74, 6) is 1.82. The second-order valence-corrected chi connectivity index (χ2v) is 5.14. The number of hydrogen-bond donors (Lipinski definition) is 2. The van der Waals surface area contributed by atoms with Crippen LogP contribution in [0.4, 0.5) is 0 Å². The summed E-state index contributed by atoms with van der Waals surface area (Å²) < 4.78 is 5.76. The summed E-state index contributed by atoms with van der Waals surface area (Å²) >= 11 is 0. The Hall–Kier alpha value is -2.56. The van der Waals surface area contributed by atoms with Crippen molar-refractivity contribution < 1.29 is 9.94 Å². The number of aryl methyl sites for hydroxylation is 1. The Bertz CT molecular complexity index is 649. The monoisotopic (exact) mass is 285 g/mol. The number of aromatic nitrogens is 1. The van der Waals surface area contributed by atoms with Crippen molar-refractivity contribution >= 4 is 5.84 Å². The summed E-state index contributed by atoms with van der Waals surface area (Å²) in [6.45, 7) is 6.40. The minimum atomic E-state index is -0.0290. The number of amidine groups is 1. The van der Waals surface area contributed by atoms with E-state index < -0.39 is 0 Å². The molecule has 0 aliphatic carbocycles. The lowest BCUT2D eigenvalue weighted by molar-refractivity contribution is 0.318. The van der Waals surface area contributed by atoms with Gasteiger partial charge < -0.3 is 15.7 Å². The molecule has 0 unspecified atom stereocenters. The van der Waals surface area contributed by atoms with E-state index in [1.165, 1.54) is 11.1 Å². The van der Waals surface area contributed by atoms with Crippen molar-refractivity contribution in [2.24, 2.45) is 10.9 Å². The lowest BCUT2D eigenvalue weighted by Gasteiger charge is -2.12. The highest BCUT2D eigenvalue weighted by Crippen LogP contribution is 2.26. The van der Waals surface area contributed by atoms with E-state index in [1.807, 2.05) is 12.1 Å². The molecule has 5 heteroatoms. The molecule has 0 bridgehead atoms. The molecule has 0 aliphatic rings. The molecule has 0 fully saturated rings.